The summed E-state index contributed by atoms with van der Waals surface area (Å²) >= 11 is 0. The summed E-state index contributed by atoms with van der Waals surface area (Å²) in [6.07, 6.45) is 5.89. The lowest BCUT2D eigenvalue weighted by Crippen LogP contribution is -2.36. The number of nitrogens with zero attached hydrogens (tertiary/aromatic N) is 1. The van der Waals surface area contributed by atoms with Gasteiger partial charge in [0.05, 0.1) is 0 Å². The van der Waals surface area contributed by atoms with Crippen LogP contribution < -0.4 is 10.1 Å². The van der Waals surface area contributed by atoms with Gasteiger partial charge in [-0.05, 0) is 43.7 Å². The molecule has 0 saturated heterocycles. The zero-order chi connectivity index (χ0) is 14.5. The largest absolute Gasteiger partial charge is 0.474 e. The normalized spacial score (nSPS) is 26.8. The summed E-state index contributed by atoms with van der Waals surface area (Å²) in [5.41, 5.74) is 1.15. The van der Waals surface area contributed by atoms with Crippen LogP contribution in [0.15, 0.2) is 18.3 Å². The molecule has 1 aliphatic rings. The molecule has 0 aliphatic heterocycles. The first kappa shape index (κ1) is 15.3. The van der Waals surface area contributed by atoms with E-state index in [2.05, 4.69) is 37.1 Å². The topological polar surface area (TPSA) is 34.2 Å². The summed E-state index contributed by atoms with van der Waals surface area (Å²) in [6, 6.07) is 4.07. The van der Waals surface area contributed by atoms with E-state index in [1.807, 2.05) is 19.3 Å². The standard InChI is InChI=1S/C17H28N2O/c1-12(2)15-8-7-13(3)10-16(15)20-17-14(11-18-4)6-5-9-19-17/h5-6,9,12-13,15-16,18H,7-8,10-11H2,1-4H3. The zero-order valence-corrected chi connectivity index (χ0v) is 13.2. The number of hydrogen-bond donors (Lipinski definition) is 1. The van der Waals surface area contributed by atoms with Crippen molar-refractivity contribution in [2.24, 2.45) is 17.8 Å². The van der Waals surface area contributed by atoms with Gasteiger partial charge >= 0.3 is 0 Å². The monoisotopic (exact) mass is 276 g/mol. The second kappa shape index (κ2) is 7.07. The molecule has 1 saturated carbocycles. The van der Waals surface area contributed by atoms with E-state index in [4.69, 9.17) is 4.74 Å². The number of ether oxygens (including phenoxy) is 1. The van der Waals surface area contributed by atoms with Gasteiger partial charge in [-0.15, -0.1) is 0 Å². The Morgan fingerprint density at radius 2 is 2.20 bits per heavy atom. The van der Waals surface area contributed by atoms with Crippen molar-refractivity contribution < 1.29 is 4.74 Å². The smallest absolute Gasteiger partial charge is 0.218 e. The van der Waals surface area contributed by atoms with Crippen molar-refractivity contribution in [3.05, 3.63) is 23.9 Å². The van der Waals surface area contributed by atoms with Crippen LogP contribution in [-0.4, -0.2) is 18.1 Å². The fourth-order valence-corrected chi connectivity index (χ4v) is 3.25. The van der Waals surface area contributed by atoms with Crippen molar-refractivity contribution in [3.8, 4) is 5.88 Å². The number of aromatic nitrogens is 1. The Morgan fingerprint density at radius 1 is 1.40 bits per heavy atom. The minimum atomic E-state index is 0.309. The average molecular weight is 276 g/mol. The molecule has 3 atom stereocenters. The first-order valence-corrected chi connectivity index (χ1v) is 7.87. The van der Waals surface area contributed by atoms with Gasteiger partial charge in [0, 0.05) is 18.3 Å². The molecule has 2 rings (SSSR count). The Labute approximate surface area is 123 Å². The summed E-state index contributed by atoms with van der Waals surface area (Å²) in [5, 5.41) is 3.18. The predicted octanol–water partition coefficient (Wildman–Crippen LogP) is 3.64. The third-order valence-electron chi connectivity index (χ3n) is 4.44. The summed E-state index contributed by atoms with van der Waals surface area (Å²) in [5.74, 6) is 2.89. The summed E-state index contributed by atoms with van der Waals surface area (Å²) in [7, 11) is 1.95. The van der Waals surface area contributed by atoms with E-state index >= 15 is 0 Å². The van der Waals surface area contributed by atoms with Crippen LogP contribution >= 0.6 is 0 Å². The maximum atomic E-state index is 6.33. The van der Waals surface area contributed by atoms with E-state index in [-0.39, 0.29) is 0 Å². The Morgan fingerprint density at radius 3 is 2.90 bits per heavy atom. The lowest BCUT2D eigenvalue weighted by Gasteiger charge is -2.37. The van der Waals surface area contributed by atoms with Gasteiger partial charge in [-0.2, -0.15) is 0 Å². The highest BCUT2D eigenvalue weighted by Crippen LogP contribution is 2.36. The second-order valence-electron chi connectivity index (χ2n) is 6.48. The first-order valence-electron chi connectivity index (χ1n) is 7.87. The highest BCUT2D eigenvalue weighted by Gasteiger charge is 2.32. The van der Waals surface area contributed by atoms with E-state index in [1.165, 1.54) is 12.8 Å². The van der Waals surface area contributed by atoms with Gasteiger partial charge in [0.2, 0.25) is 5.88 Å². The van der Waals surface area contributed by atoms with Crippen molar-refractivity contribution in [2.45, 2.75) is 52.7 Å². The molecule has 112 valence electrons. The molecule has 1 N–H and O–H groups in total. The predicted molar refractivity (Wildman–Crippen MR) is 82.8 cm³/mol. The van der Waals surface area contributed by atoms with Gasteiger partial charge < -0.3 is 10.1 Å². The highest BCUT2D eigenvalue weighted by atomic mass is 16.5. The molecule has 1 fully saturated rings. The molecular weight excluding hydrogens is 248 g/mol. The SMILES string of the molecule is CNCc1cccnc1OC1CC(C)CCC1C(C)C. The quantitative estimate of drug-likeness (QED) is 0.891. The van der Waals surface area contributed by atoms with E-state index in [1.54, 1.807) is 0 Å². The van der Waals surface area contributed by atoms with Crippen LogP contribution in [0, 0.1) is 17.8 Å². The Kier molecular flexibility index (Phi) is 5.41. The molecule has 0 bridgehead atoms. The third kappa shape index (κ3) is 3.72. The Bertz CT molecular complexity index is 419. The van der Waals surface area contributed by atoms with Crippen LogP contribution in [0.5, 0.6) is 5.88 Å². The summed E-state index contributed by atoms with van der Waals surface area (Å²) in [4.78, 5) is 4.45. The number of pyridine rings is 1. The molecule has 0 amide bonds. The fraction of sp³-hybridized carbons (Fsp3) is 0.706. The first-order chi connectivity index (χ1) is 9.61. The van der Waals surface area contributed by atoms with Crippen LogP contribution in [0.25, 0.3) is 0 Å². The van der Waals surface area contributed by atoms with E-state index in [0.717, 1.165) is 30.3 Å². The molecule has 1 heterocycles. The molecule has 1 aromatic rings. The molecule has 20 heavy (non-hydrogen) atoms. The van der Waals surface area contributed by atoms with Gasteiger partial charge in [0.1, 0.15) is 6.10 Å². The van der Waals surface area contributed by atoms with Gasteiger partial charge in [-0.25, -0.2) is 4.98 Å². The Balaban J connectivity index is 2.13. The van der Waals surface area contributed by atoms with Crippen molar-refractivity contribution in [1.82, 2.24) is 10.3 Å². The van der Waals surface area contributed by atoms with E-state index < -0.39 is 0 Å². The molecule has 3 unspecified atom stereocenters. The van der Waals surface area contributed by atoms with E-state index in [0.29, 0.717) is 17.9 Å². The molecule has 3 nitrogen and oxygen atoms in total. The van der Waals surface area contributed by atoms with Gasteiger partial charge in [0.25, 0.3) is 0 Å². The maximum Gasteiger partial charge on any atom is 0.218 e. The molecule has 1 aromatic heterocycles. The van der Waals surface area contributed by atoms with Crippen molar-refractivity contribution in [1.29, 1.82) is 0 Å². The van der Waals surface area contributed by atoms with Crippen LogP contribution in [0.4, 0.5) is 0 Å². The second-order valence-corrected chi connectivity index (χ2v) is 6.48. The van der Waals surface area contributed by atoms with Crippen LogP contribution in [0.3, 0.4) is 0 Å². The van der Waals surface area contributed by atoms with Crippen LogP contribution in [-0.2, 0) is 6.54 Å². The molecule has 3 heteroatoms. The van der Waals surface area contributed by atoms with Crippen molar-refractivity contribution in [3.63, 3.8) is 0 Å². The molecule has 0 aromatic carbocycles. The van der Waals surface area contributed by atoms with Crippen molar-refractivity contribution >= 4 is 0 Å². The highest BCUT2D eigenvalue weighted by molar-refractivity contribution is 5.25. The lowest BCUT2D eigenvalue weighted by atomic mass is 9.75. The Hall–Kier alpha value is -1.09. The average Bonchev–Trinajstić information content (AvgIpc) is 2.41. The summed E-state index contributed by atoms with van der Waals surface area (Å²) in [6.45, 7) is 7.76. The van der Waals surface area contributed by atoms with Crippen LogP contribution in [0.2, 0.25) is 0 Å². The molecular formula is C17H28N2O. The third-order valence-corrected chi connectivity index (χ3v) is 4.44. The minimum Gasteiger partial charge on any atom is -0.474 e. The molecule has 1 aliphatic carbocycles. The van der Waals surface area contributed by atoms with Crippen molar-refractivity contribution in [2.75, 3.05) is 7.05 Å². The number of rotatable bonds is 5. The van der Waals surface area contributed by atoms with Gasteiger partial charge in [-0.1, -0.05) is 33.3 Å². The summed E-state index contributed by atoms with van der Waals surface area (Å²) < 4.78 is 6.33. The van der Waals surface area contributed by atoms with Gasteiger partial charge in [-0.3, -0.25) is 0 Å². The zero-order valence-electron chi connectivity index (χ0n) is 13.2. The lowest BCUT2D eigenvalue weighted by molar-refractivity contribution is 0.0418. The number of nitrogens with one attached hydrogen (secondary N) is 1. The molecule has 0 radical (unpaired) electrons. The maximum absolute atomic E-state index is 6.33. The van der Waals surface area contributed by atoms with E-state index in [9.17, 15) is 0 Å². The minimum absolute atomic E-state index is 0.309. The van der Waals surface area contributed by atoms with Gasteiger partial charge in [0.15, 0.2) is 0 Å². The van der Waals surface area contributed by atoms with Crippen LogP contribution in [0.1, 0.15) is 45.6 Å². The fourth-order valence-electron chi connectivity index (χ4n) is 3.25. The number of hydrogen-bond acceptors (Lipinski definition) is 3. The molecule has 0 spiro atoms.